The lowest BCUT2D eigenvalue weighted by atomic mass is 9.63. The van der Waals surface area contributed by atoms with Crippen LogP contribution in [-0.2, 0) is 4.79 Å². The van der Waals surface area contributed by atoms with E-state index in [-0.39, 0.29) is 11.3 Å². The van der Waals surface area contributed by atoms with Gasteiger partial charge in [0.25, 0.3) is 0 Å². The van der Waals surface area contributed by atoms with E-state index in [1.807, 2.05) is 6.08 Å². The van der Waals surface area contributed by atoms with E-state index in [0.29, 0.717) is 0 Å². The maximum Gasteiger partial charge on any atom is 0.340 e. The smallest absolute Gasteiger partial charge is 0.340 e. The number of allylic oxidation sites excluding steroid dienone is 2. The van der Waals surface area contributed by atoms with Gasteiger partial charge < -0.3 is 10.2 Å². The van der Waals surface area contributed by atoms with Gasteiger partial charge in [-0.15, -0.1) is 0 Å². The zero-order chi connectivity index (χ0) is 14.3. The SMILES string of the molecule is CCC1(C2C(I)=CC(I)=CC2(O)C(=O)O)CCCC1. The molecular weight excluding hydrogens is 470 g/mol. The van der Waals surface area contributed by atoms with Crippen molar-refractivity contribution in [1.29, 1.82) is 0 Å². The van der Waals surface area contributed by atoms with Crippen LogP contribution in [0.15, 0.2) is 19.3 Å². The number of carbonyl (C=O) groups is 1. The van der Waals surface area contributed by atoms with Crippen LogP contribution in [0.1, 0.15) is 39.0 Å². The Morgan fingerprint density at radius 1 is 1.42 bits per heavy atom. The Morgan fingerprint density at radius 3 is 2.47 bits per heavy atom. The highest BCUT2D eigenvalue weighted by atomic mass is 127. The fourth-order valence-electron chi connectivity index (χ4n) is 3.63. The number of aliphatic carboxylic acids is 1. The first-order valence-electron chi connectivity index (χ1n) is 6.57. The molecule has 0 amide bonds. The standard InChI is InChI=1S/C14H18I2O3/c1-2-13(5-3-4-6-13)11-10(16)7-9(15)8-14(11,19)12(17)18/h7-8,11,19H,2-6H2,1H3,(H,17,18). The third-order valence-electron chi connectivity index (χ3n) is 4.61. The first-order chi connectivity index (χ1) is 8.85. The summed E-state index contributed by atoms with van der Waals surface area (Å²) >= 11 is 4.28. The Bertz CT molecular complexity index is 450. The summed E-state index contributed by atoms with van der Waals surface area (Å²) in [4.78, 5) is 11.7. The number of carboxylic acids is 1. The second kappa shape index (κ2) is 5.63. The lowest BCUT2D eigenvalue weighted by Crippen LogP contribution is -2.52. The van der Waals surface area contributed by atoms with Crippen LogP contribution < -0.4 is 0 Å². The van der Waals surface area contributed by atoms with E-state index in [2.05, 4.69) is 52.1 Å². The Labute approximate surface area is 140 Å². The van der Waals surface area contributed by atoms with Crippen molar-refractivity contribution < 1.29 is 15.0 Å². The molecule has 0 aliphatic heterocycles. The van der Waals surface area contributed by atoms with E-state index in [1.54, 1.807) is 0 Å². The fourth-order valence-corrected chi connectivity index (χ4v) is 6.51. The van der Waals surface area contributed by atoms with E-state index in [1.165, 1.54) is 6.08 Å². The number of halogens is 2. The van der Waals surface area contributed by atoms with Gasteiger partial charge in [-0.3, -0.25) is 0 Å². The minimum absolute atomic E-state index is 0.0754. The number of rotatable bonds is 3. The second-order valence-corrected chi connectivity index (χ2v) is 8.04. The number of carboxylic acid groups (broad SMARTS) is 1. The molecule has 3 nitrogen and oxygen atoms in total. The van der Waals surface area contributed by atoms with E-state index < -0.39 is 11.6 Å². The molecule has 0 bridgehead atoms. The van der Waals surface area contributed by atoms with Gasteiger partial charge in [-0.2, -0.15) is 0 Å². The molecule has 1 fully saturated rings. The Hall–Kier alpha value is 0.370. The average Bonchev–Trinajstić information content (AvgIpc) is 2.77. The minimum Gasteiger partial charge on any atom is -0.479 e. The molecule has 0 spiro atoms. The molecule has 0 saturated heterocycles. The van der Waals surface area contributed by atoms with Crippen molar-refractivity contribution >= 4 is 51.2 Å². The molecular formula is C14H18I2O3. The highest BCUT2D eigenvalue weighted by Gasteiger charge is 2.55. The molecule has 0 aromatic heterocycles. The fraction of sp³-hybridized carbons (Fsp3) is 0.643. The van der Waals surface area contributed by atoms with Crippen molar-refractivity contribution in [1.82, 2.24) is 0 Å². The van der Waals surface area contributed by atoms with Crippen LogP contribution in [0.5, 0.6) is 0 Å². The monoisotopic (exact) mass is 488 g/mol. The first-order valence-corrected chi connectivity index (χ1v) is 8.73. The van der Waals surface area contributed by atoms with Gasteiger partial charge in [0.15, 0.2) is 5.60 Å². The Balaban J connectivity index is 2.52. The average molecular weight is 488 g/mol. The minimum atomic E-state index is -1.76. The summed E-state index contributed by atoms with van der Waals surface area (Å²) in [6.45, 7) is 2.11. The van der Waals surface area contributed by atoms with Crippen LogP contribution in [0.4, 0.5) is 0 Å². The molecule has 0 aromatic carbocycles. The predicted molar refractivity (Wildman–Crippen MR) is 91.5 cm³/mol. The molecule has 2 rings (SSSR count). The zero-order valence-electron chi connectivity index (χ0n) is 10.8. The van der Waals surface area contributed by atoms with E-state index in [4.69, 9.17) is 0 Å². The van der Waals surface area contributed by atoms with Gasteiger partial charge in [-0.05, 0) is 85.6 Å². The van der Waals surface area contributed by atoms with E-state index in [0.717, 1.165) is 39.3 Å². The summed E-state index contributed by atoms with van der Waals surface area (Å²) in [5, 5.41) is 20.3. The van der Waals surface area contributed by atoms with Crippen LogP contribution >= 0.6 is 45.2 Å². The molecule has 0 aromatic rings. The number of hydrogen-bond acceptors (Lipinski definition) is 2. The molecule has 2 N–H and O–H groups in total. The lowest BCUT2D eigenvalue weighted by Gasteiger charge is -2.45. The van der Waals surface area contributed by atoms with Crippen molar-refractivity contribution in [3.63, 3.8) is 0 Å². The first kappa shape index (κ1) is 15.8. The molecule has 0 radical (unpaired) electrons. The van der Waals surface area contributed by atoms with Gasteiger partial charge in [0.1, 0.15) is 0 Å². The number of aliphatic hydroxyl groups is 1. The summed E-state index contributed by atoms with van der Waals surface area (Å²) in [5.74, 6) is -1.45. The summed E-state index contributed by atoms with van der Waals surface area (Å²) in [6.07, 6.45) is 8.70. The van der Waals surface area contributed by atoms with Gasteiger partial charge in [-0.25, -0.2) is 4.79 Å². The molecule has 106 valence electrons. The quantitative estimate of drug-likeness (QED) is 0.591. The largest absolute Gasteiger partial charge is 0.479 e. The van der Waals surface area contributed by atoms with Gasteiger partial charge in [-0.1, -0.05) is 19.8 Å². The van der Waals surface area contributed by atoms with Crippen LogP contribution in [0.2, 0.25) is 0 Å². The topological polar surface area (TPSA) is 57.5 Å². The maximum atomic E-state index is 11.7. The van der Waals surface area contributed by atoms with Gasteiger partial charge in [0.05, 0.1) is 0 Å². The second-order valence-electron chi connectivity index (χ2n) is 5.54. The molecule has 2 aliphatic carbocycles. The zero-order valence-corrected chi connectivity index (χ0v) is 15.1. The molecule has 1 saturated carbocycles. The molecule has 2 aliphatic rings. The van der Waals surface area contributed by atoms with E-state index >= 15 is 0 Å². The predicted octanol–water partition coefficient (Wildman–Crippen LogP) is 4.04. The van der Waals surface area contributed by atoms with Crippen molar-refractivity contribution in [3.8, 4) is 0 Å². The molecule has 19 heavy (non-hydrogen) atoms. The number of hydrogen-bond donors (Lipinski definition) is 2. The molecule has 2 unspecified atom stereocenters. The summed E-state index contributed by atoms with van der Waals surface area (Å²) < 4.78 is 1.77. The molecule has 0 heterocycles. The van der Waals surface area contributed by atoms with Crippen LogP contribution in [0, 0.1) is 11.3 Å². The van der Waals surface area contributed by atoms with E-state index in [9.17, 15) is 15.0 Å². The van der Waals surface area contributed by atoms with Crippen molar-refractivity contribution in [2.45, 2.75) is 44.6 Å². The Kier molecular flexibility index (Phi) is 4.67. The highest BCUT2D eigenvalue weighted by molar-refractivity contribution is 14.1. The lowest BCUT2D eigenvalue weighted by molar-refractivity contribution is -0.161. The summed E-state index contributed by atoms with van der Waals surface area (Å²) in [5.41, 5.74) is -1.84. The summed E-state index contributed by atoms with van der Waals surface area (Å²) in [7, 11) is 0. The summed E-state index contributed by atoms with van der Waals surface area (Å²) in [6, 6.07) is 0. The maximum absolute atomic E-state index is 11.7. The van der Waals surface area contributed by atoms with Crippen molar-refractivity contribution in [3.05, 3.63) is 19.3 Å². The van der Waals surface area contributed by atoms with Crippen molar-refractivity contribution in [2.75, 3.05) is 0 Å². The van der Waals surface area contributed by atoms with Crippen molar-refractivity contribution in [2.24, 2.45) is 11.3 Å². The van der Waals surface area contributed by atoms with Gasteiger partial charge >= 0.3 is 5.97 Å². The molecule has 5 heteroatoms. The Morgan fingerprint density at radius 2 is 2.00 bits per heavy atom. The van der Waals surface area contributed by atoms with Gasteiger partial charge in [0.2, 0.25) is 0 Å². The van der Waals surface area contributed by atoms with Gasteiger partial charge in [0, 0.05) is 9.50 Å². The highest BCUT2D eigenvalue weighted by Crippen LogP contribution is 2.56. The third kappa shape index (κ3) is 2.62. The van der Waals surface area contributed by atoms with Crippen LogP contribution in [0.25, 0.3) is 0 Å². The molecule has 2 atom stereocenters. The van der Waals surface area contributed by atoms with Crippen LogP contribution in [-0.4, -0.2) is 21.8 Å². The third-order valence-corrected chi connectivity index (χ3v) is 6.17. The normalized spacial score (nSPS) is 33.8. The van der Waals surface area contributed by atoms with Crippen LogP contribution in [0.3, 0.4) is 0 Å².